The molecule has 10 heteroatoms. The van der Waals surface area contributed by atoms with Crippen LogP contribution < -0.4 is 9.47 Å². The van der Waals surface area contributed by atoms with Gasteiger partial charge in [-0.2, -0.15) is 9.83 Å². The van der Waals surface area contributed by atoms with Crippen molar-refractivity contribution in [3.05, 3.63) is 53.7 Å². The summed E-state index contributed by atoms with van der Waals surface area (Å²) in [7, 11) is -4.01. The van der Waals surface area contributed by atoms with Gasteiger partial charge in [0.2, 0.25) is 20.4 Å². The third-order valence-electron chi connectivity index (χ3n) is 4.75. The van der Waals surface area contributed by atoms with Gasteiger partial charge in [0.05, 0.1) is 9.60 Å². The van der Waals surface area contributed by atoms with Crippen LogP contribution >= 0.6 is 25.3 Å². The quantitative estimate of drug-likeness (QED) is 0.214. The topological polar surface area (TPSA) is 92.1 Å². The molecule has 1 aromatic heterocycles. The number of nitriles is 1. The average Bonchev–Trinajstić information content (AvgIpc) is 2.75. The van der Waals surface area contributed by atoms with Gasteiger partial charge in [-0.15, -0.1) is 25.3 Å². The van der Waals surface area contributed by atoms with Crippen LogP contribution in [0, 0.1) is 16.7 Å². The van der Waals surface area contributed by atoms with Crippen molar-refractivity contribution in [2.24, 2.45) is 0 Å². The van der Waals surface area contributed by atoms with Crippen LogP contribution in [0.15, 0.2) is 58.6 Å². The standard InChI is InChI=1S/C19H19N5O2S3/c20-13-18(14-21)29(25,26)17-3-1-15(2-4-17)22-7-5-16(6-8-22)23-9-11-24(12-10-23)19(27)28/h1-8,19-20H,9-12H2,(H-,27,28)/p+1. The van der Waals surface area contributed by atoms with Gasteiger partial charge in [-0.05, 0) is 12.1 Å². The maximum atomic E-state index is 12.3. The Kier molecular flexibility index (Phi) is 6.67. The zero-order valence-corrected chi connectivity index (χ0v) is 18.0. The number of sulfone groups is 1. The normalized spacial score (nSPS) is 15.0. The van der Waals surface area contributed by atoms with Gasteiger partial charge in [0, 0.05) is 62.0 Å². The first kappa shape index (κ1) is 21.4. The third kappa shape index (κ3) is 4.66. The molecule has 0 spiro atoms. The number of anilines is 1. The van der Waals surface area contributed by atoms with E-state index in [9.17, 15) is 8.42 Å². The summed E-state index contributed by atoms with van der Waals surface area (Å²) in [6.45, 7) is 3.60. The van der Waals surface area contributed by atoms with E-state index in [0.29, 0.717) is 0 Å². The van der Waals surface area contributed by atoms with Crippen LogP contribution in [0.5, 0.6) is 0 Å². The molecule has 2 heterocycles. The van der Waals surface area contributed by atoms with Gasteiger partial charge >= 0.3 is 0 Å². The van der Waals surface area contributed by atoms with E-state index in [-0.39, 0.29) is 9.60 Å². The highest BCUT2D eigenvalue weighted by Crippen LogP contribution is 2.20. The minimum Gasteiger partial charge on any atom is -0.369 e. The molecule has 1 N–H and O–H groups in total. The molecule has 29 heavy (non-hydrogen) atoms. The summed E-state index contributed by atoms with van der Waals surface area (Å²) < 4.78 is 26.4. The first-order chi connectivity index (χ1) is 13.9. The Bertz CT molecular complexity index is 1060. The molecular formula is C19H20N5O2S3+. The SMILES string of the molecule is N#CC(=C=N)S(=O)(=O)c1ccc(-[n+]2ccc(N3CCN(C(S)S)CC3)cc2)cc1. The van der Waals surface area contributed by atoms with Gasteiger partial charge < -0.3 is 4.90 Å². The highest BCUT2D eigenvalue weighted by molar-refractivity contribution is 7.99. The number of nitrogens with one attached hydrogen (secondary N) is 1. The van der Waals surface area contributed by atoms with Crippen molar-refractivity contribution in [3.63, 3.8) is 0 Å². The van der Waals surface area contributed by atoms with Gasteiger partial charge in [-0.25, -0.2) is 8.42 Å². The van der Waals surface area contributed by atoms with Crippen LogP contribution in [0.4, 0.5) is 5.69 Å². The minimum absolute atomic E-state index is 0.0411. The van der Waals surface area contributed by atoms with E-state index >= 15 is 0 Å². The fourth-order valence-electron chi connectivity index (χ4n) is 3.08. The number of benzene rings is 1. The molecule has 1 fully saturated rings. The molecule has 0 atom stereocenters. The van der Waals surface area contributed by atoms with Gasteiger partial charge in [0.15, 0.2) is 12.4 Å². The van der Waals surface area contributed by atoms with E-state index in [4.69, 9.17) is 10.7 Å². The smallest absolute Gasteiger partial charge is 0.225 e. The molecular weight excluding hydrogens is 426 g/mol. The monoisotopic (exact) mass is 446 g/mol. The van der Waals surface area contributed by atoms with Crippen molar-refractivity contribution in [2.45, 2.75) is 9.60 Å². The Hall–Kier alpha value is -2.28. The Morgan fingerprint density at radius 2 is 1.66 bits per heavy atom. The van der Waals surface area contributed by atoms with E-state index < -0.39 is 14.7 Å². The molecule has 7 nitrogen and oxygen atoms in total. The lowest BCUT2D eigenvalue weighted by Crippen LogP contribution is -2.48. The van der Waals surface area contributed by atoms with Crippen LogP contribution in [0.25, 0.3) is 5.69 Å². The highest BCUT2D eigenvalue weighted by Gasteiger charge is 2.22. The average molecular weight is 447 g/mol. The van der Waals surface area contributed by atoms with E-state index in [1.165, 1.54) is 18.2 Å². The minimum atomic E-state index is -4.01. The van der Waals surface area contributed by atoms with Gasteiger partial charge in [-0.3, -0.25) is 10.3 Å². The number of hydrogen-bond acceptors (Lipinski definition) is 8. The molecule has 0 radical (unpaired) electrons. The molecule has 1 saturated heterocycles. The molecule has 150 valence electrons. The summed E-state index contributed by atoms with van der Waals surface area (Å²) in [6.07, 6.45) is 3.84. The number of piperazine rings is 1. The second kappa shape index (κ2) is 9.03. The largest absolute Gasteiger partial charge is 0.369 e. The van der Waals surface area contributed by atoms with E-state index in [1.54, 1.807) is 18.0 Å². The van der Waals surface area contributed by atoms with E-state index in [0.717, 1.165) is 37.6 Å². The fraction of sp³-hybridized carbons (Fsp3) is 0.263. The number of hydrogen-bond donors (Lipinski definition) is 3. The number of nitrogens with zero attached hydrogens (tertiary/aromatic N) is 4. The Balaban J connectivity index is 1.74. The maximum absolute atomic E-state index is 12.3. The molecule has 2 aromatic rings. The van der Waals surface area contributed by atoms with Crippen LogP contribution in [0.3, 0.4) is 0 Å². The number of aromatic nitrogens is 1. The predicted octanol–water partition coefficient (Wildman–Crippen LogP) is 1.66. The Morgan fingerprint density at radius 3 is 2.14 bits per heavy atom. The summed E-state index contributed by atoms with van der Waals surface area (Å²) in [5.41, 5.74) is 1.90. The highest BCUT2D eigenvalue weighted by atomic mass is 32.2. The second-order valence-electron chi connectivity index (χ2n) is 6.40. The number of pyridine rings is 1. The van der Waals surface area contributed by atoms with Crippen molar-refractivity contribution in [1.82, 2.24) is 4.90 Å². The summed E-state index contributed by atoms with van der Waals surface area (Å²) in [4.78, 5) is 3.75. The van der Waals surface area contributed by atoms with Crippen LogP contribution in [0.2, 0.25) is 0 Å². The number of thiol groups is 2. The van der Waals surface area contributed by atoms with Gasteiger partial charge in [-0.1, -0.05) is 0 Å². The van der Waals surface area contributed by atoms with Crippen LogP contribution in [0.1, 0.15) is 0 Å². The zero-order valence-electron chi connectivity index (χ0n) is 15.4. The summed E-state index contributed by atoms with van der Waals surface area (Å²) in [6, 6.07) is 11.7. The van der Waals surface area contributed by atoms with Gasteiger partial charge in [0.25, 0.3) is 0 Å². The maximum Gasteiger partial charge on any atom is 0.225 e. The van der Waals surface area contributed by atoms with Crippen molar-refractivity contribution in [1.29, 1.82) is 10.7 Å². The Morgan fingerprint density at radius 1 is 1.07 bits per heavy atom. The predicted molar refractivity (Wildman–Crippen MR) is 118 cm³/mol. The third-order valence-corrected chi connectivity index (χ3v) is 7.02. The van der Waals surface area contributed by atoms with Crippen LogP contribution in [-0.4, -0.2) is 50.1 Å². The molecule has 3 rings (SSSR count). The fourth-order valence-corrected chi connectivity index (χ4v) is 4.53. The number of allylic oxidation sites excluding steroid dienone is 1. The first-order valence-corrected chi connectivity index (χ1v) is 11.3. The van der Waals surface area contributed by atoms with Crippen molar-refractivity contribution in [2.75, 3.05) is 31.1 Å². The van der Waals surface area contributed by atoms with E-state index in [1.807, 2.05) is 29.1 Å². The van der Waals surface area contributed by atoms with Crippen molar-refractivity contribution in [3.8, 4) is 11.8 Å². The molecule has 0 bridgehead atoms. The molecule has 1 aliphatic heterocycles. The molecule has 0 unspecified atom stereocenters. The van der Waals surface area contributed by atoms with Crippen LogP contribution in [-0.2, 0) is 9.84 Å². The summed E-state index contributed by atoms with van der Waals surface area (Å²) in [5.74, 6) is 1.68. The zero-order chi connectivity index (χ0) is 21.0. The van der Waals surface area contributed by atoms with Crippen molar-refractivity contribution >= 4 is 46.7 Å². The molecule has 1 aliphatic rings. The summed E-state index contributed by atoms with van der Waals surface area (Å²) >= 11 is 8.72. The lowest BCUT2D eigenvalue weighted by Gasteiger charge is -2.37. The molecule has 0 amide bonds. The van der Waals surface area contributed by atoms with E-state index in [2.05, 4.69) is 35.1 Å². The molecule has 0 saturated carbocycles. The van der Waals surface area contributed by atoms with Gasteiger partial charge in [0.1, 0.15) is 6.07 Å². The Labute approximate surface area is 181 Å². The lowest BCUT2D eigenvalue weighted by atomic mass is 10.2. The number of rotatable bonds is 5. The lowest BCUT2D eigenvalue weighted by molar-refractivity contribution is -0.595. The summed E-state index contributed by atoms with van der Waals surface area (Å²) in [5, 5.41) is 15.8. The molecule has 0 aliphatic carbocycles. The second-order valence-corrected chi connectivity index (χ2v) is 9.67. The first-order valence-electron chi connectivity index (χ1n) is 8.78. The molecule has 1 aromatic carbocycles. The van der Waals surface area contributed by atoms with Crippen molar-refractivity contribution < 1.29 is 13.0 Å².